The molecule has 0 saturated heterocycles. The second-order valence-electron chi connectivity index (χ2n) is 4.41. The molecule has 18 heavy (non-hydrogen) atoms. The van der Waals surface area contributed by atoms with Crippen LogP contribution in [0.2, 0.25) is 0 Å². The predicted molar refractivity (Wildman–Crippen MR) is 71.6 cm³/mol. The first-order valence-electron chi connectivity index (χ1n) is 5.89. The zero-order chi connectivity index (χ0) is 13.8. The number of ether oxygens (including phenoxy) is 1. The van der Waals surface area contributed by atoms with Crippen LogP contribution in [0.15, 0.2) is 24.3 Å². The Balaban J connectivity index is 2.64. The van der Waals surface area contributed by atoms with E-state index in [0.29, 0.717) is 6.42 Å². The van der Waals surface area contributed by atoms with Gasteiger partial charge in [-0.2, -0.15) is 0 Å². The van der Waals surface area contributed by atoms with Crippen molar-refractivity contribution in [2.24, 2.45) is 0 Å². The molecule has 0 amide bonds. The molecule has 4 nitrogen and oxygen atoms in total. The monoisotopic (exact) mass is 272 g/mol. The lowest BCUT2D eigenvalue weighted by Gasteiger charge is -2.15. The number of hydrogen-bond acceptors (Lipinski definition) is 4. The highest BCUT2D eigenvalue weighted by molar-refractivity contribution is 7.92. The van der Waals surface area contributed by atoms with E-state index in [-0.39, 0.29) is 5.75 Å². The van der Waals surface area contributed by atoms with Crippen LogP contribution in [0.1, 0.15) is 19.4 Å². The number of aliphatic hydroxyl groups excluding tert-OH is 1. The van der Waals surface area contributed by atoms with Gasteiger partial charge in [-0.3, -0.25) is 0 Å². The molecule has 2 unspecified atom stereocenters. The van der Waals surface area contributed by atoms with E-state index in [1.165, 1.54) is 13.8 Å². The zero-order valence-corrected chi connectivity index (χ0v) is 11.8. The van der Waals surface area contributed by atoms with Crippen molar-refractivity contribution in [2.45, 2.75) is 31.6 Å². The van der Waals surface area contributed by atoms with Gasteiger partial charge in [0, 0.05) is 0 Å². The SMILES string of the molecule is COc1ccc(CCS(=O)(=O)C(C)C(C)O)cc1. The van der Waals surface area contributed by atoms with Crippen molar-refractivity contribution in [3.05, 3.63) is 29.8 Å². The Hall–Kier alpha value is -1.07. The van der Waals surface area contributed by atoms with Crippen LogP contribution in [-0.4, -0.2) is 37.7 Å². The van der Waals surface area contributed by atoms with Gasteiger partial charge in [0.05, 0.1) is 24.2 Å². The molecule has 0 fully saturated rings. The standard InChI is InChI=1S/C13H20O4S/c1-10(14)11(2)18(15,16)9-8-12-4-6-13(17-3)7-5-12/h4-7,10-11,14H,8-9H2,1-3H3. The van der Waals surface area contributed by atoms with E-state index in [1.54, 1.807) is 19.2 Å². The van der Waals surface area contributed by atoms with Crippen LogP contribution in [0.4, 0.5) is 0 Å². The third-order valence-corrected chi connectivity index (χ3v) is 5.38. The van der Waals surface area contributed by atoms with Crippen LogP contribution in [0, 0.1) is 0 Å². The van der Waals surface area contributed by atoms with Crippen molar-refractivity contribution in [2.75, 3.05) is 12.9 Å². The lowest BCUT2D eigenvalue weighted by molar-refractivity contribution is 0.193. The molecule has 2 atom stereocenters. The van der Waals surface area contributed by atoms with E-state index in [4.69, 9.17) is 4.74 Å². The Morgan fingerprint density at radius 3 is 2.22 bits per heavy atom. The van der Waals surface area contributed by atoms with Gasteiger partial charge < -0.3 is 9.84 Å². The minimum atomic E-state index is -3.25. The fourth-order valence-corrected chi connectivity index (χ4v) is 3.03. The molecule has 0 saturated carbocycles. The summed E-state index contributed by atoms with van der Waals surface area (Å²) < 4.78 is 28.8. The summed E-state index contributed by atoms with van der Waals surface area (Å²) in [6.45, 7) is 3.03. The van der Waals surface area contributed by atoms with Crippen LogP contribution in [0.25, 0.3) is 0 Å². The Morgan fingerprint density at radius 2 is 1.78 bits per heavy atom. The molecule has 102 valence electrons. The first-order chi connectivity index (χ1) is 8.36. The van der Waals surface area contributed by atoms with Gasteiger partial charge in [0.2, 0.25) is 0 Å². The molecule has 1 aromatic carbocycles. The van der Waals surface area contributed by atoms with Crippen LogP contribution in [0.5, 0.6) is 5.75 Å². The highest BCUT2D eigenvalue weighted by Gasteiger charge is 2.24. The van der Waals surface area contributed by atoms with Gasteiger partial charge in [-0.05, 0) is 38.0 Å². The van der Waals surface area contributed by atoms with E-state index in [2.05, 4.69) is 0 Å². The minimum absolute atomic E-state index is 0.0470. The maximum atomic E-state index is 11.9. The Labute approximate surface area is 109 Å². The number of sulfone groups is 1. The molecule has 5 heteroatoms. The summed E-state index contributed by atoms with van der Waals surface area (Å²) in [4.78, 5) is 0. The van der Waals surface area contributed by atoms with E-state index in [0.717, 1.165) is 11.3 Å². The Bertz CT molecular complexity index is 462. The summed E-state index contributed by atoms with van der Waals surface area (Å²) in [5.41, 5.74) is 0.942. The van der Waals surface area contributed by atoms with Crippen molar-refractivity contribution in [1.29, 1.82) is 0 Å². The smallest absolute Gasteiger partial charge is 0.155 e. The van der Waals surface area contributed by atoms with Gasteiger partial charge in [0.15, 0.2) is 9.84 Å². The van der Waals surface area contributed by atoms with Gasteiger partial charge in [-0.25, -0.2) is 8.42 Å². The zero-order valence-electron chi connectivity index (χ0n) is 11.0. The molecule has 0 bridgehead atoms. The molecule has 0 radical (unpaired) electrons. The summed E-state index contributed by atoms with van der Waals surface area (Å²) >= 11 is 0. The Morgan fingerprint density at radius 1 is 1.22 bits per heavy atom. The van der Waals surface area contributed by atoms with E-state index in [1.807, 2.05) is 12.1 Å². The van der Waals surface area contributed by atoms with Gasteiger partial charge in [0.25, 0.3) is 0 Å². The van der Waals surface area contributed by atoms with Crippen molar-refractivity contribution >= 4 is 9.84 Å². The highest BCUT2D eigenvalue weighted by atomic mass is 32.2. The second-order valence-corrected chi connectivity index (χ2v) is 6.89. The summed E-state index contributed by atoms with van der Waals surface area (Å²) in [6, 6.07) is 7.31. The van der Waals surface area contributed by atoms with E-state index < -0.39 is 21.2 Å². The molecule has 0 aliphatic heterocycles. The molecule has 1 rings (SSSR count). The molecular weight excluding hydrogens is 252 g/mol. The first kappa shape index (κ1) is 15.0. The first-order valence-corrected chi connectivity index (χ1v) is 7.61. The maximum absolute atomic E-state index is 11.9. The molecule has 0 aromatic heterocycles. The van der Waals surface area contributed by atoms with Gasteiger partial charge in [0.1, 0.15) is 5.75 Å². The van der Waals surface area contributed by atoms with Crippen molar-refractivity contribution in [3.63, 3.8) is 0 Å². The van der Waals surface area contributed by atoms with E-state index >= 15 is 0 Å². The summed E-state index contributed by atoms with van der Waals surface area (Å²) in [6.07, 6.45) is -0.394. The molecule has 0 aliphatic rings. The molecule has 0 aliphatic carbocycles. The molecule has 0 spiro atoms. The normalized spacial score (nSPS) is 15.1. The lowest BCUT2D eigenvalue weighted by Crippen LogP contribution is -2.31. The number of methoxy groups -OCH3 is 1. The third-order valence-electron chi connectivity index (χ3n) is 3.08. The van der Waals surface area contributed by atoms with Crippen LogP contribution < -0.4 is 4.74 Å². The molecular formula is C13H20O4S. The largest absolute Gasteiger partial charge is 0.497 e. The number of aliphatic hydroxyl groups is 1. The van der Waals surface area contributed by atoms with Gasteiger partial charge in [-0.15, -0.1) is 0 Å². The van der Waals surface area contributed by atoms with Crippen molar-refractivity contribution < 1.29 is 18.3 Å². The highest BCUT2D eigenvalue weighted by Crippen LogP contribution is 2.14. The van der Waals surface area contributed by atoms with Crippen LogP contribution in [-0.2, 0) is 16.3 Å². The van der Waals surface area contributed by atoms with Crippen LogP contribution in [0.3, 0.4) is 0 Å². The Kier molecular flexibility index (Phi) is 5.16. The number of hydrogen-bond donors (Lipinski definition) is 1. The topological polar surface area (TPSA) is 63.6 Å². The number of benzene rings is 1. The van der Waals surface area contributed by atoms with Crippen molar-refractivity contribution in [1.82, 2.24) is 0 Å². The summed E-state index contributed by atoms with van der Waals surface area (Å²) in [7, 11) is -1.67. The molecule has 0 heterocycles. The summed E-state index contributed by atoms with van der Waals surface area (Å²) in [5.74, 6) is 0.796. The average molecular weight is 272 g/mol. The number of aryl methyl sites for hydroxylation is 1. The van der Waals surface area contributed by atoms with Gasteiger partial charge in [-0.1, -0.05) is 12.1 Å². The molecule has 1 aromatic rings. The average Bonchev–Trinajstić information content (AvgIpc) is 2.36. The van der Waals surface area contributed by atoms with Crippen molar-refractivity contribution in [3.8, 4) is 5.75 Å². The summed E-state index contributed by atoms with van der Waals surface area (Å²) in [5, 5.41) is 8.60. The van der Waals surface area contributed by atoms with Gasteiger partial charge >= 0.3 is 0 Å². The number of rotatable bonds is 6. The third kappa shape index (κ3) is 3.99. The van der Waals surface area contributed by atoms with Crippen LogP contribution >= 0.6 is 0 Å². The molecule has 1 N–H and O–H groups in total. The minimum Gasteiger partial charge on any atom is -0.497 e. The fraction of sp³-hybridized carbons (Fsp3) is 0.538. The van der Waals surface area contributed by atoms with E-state index in [9.17, 15) is 13.5 Å². The lowest BCUT2D eigenvalue weighted by atomic mass is 10.2. The fourth-order valence-electron chi connectivity index (χ4n) is 1.54. The second kappa shape index (κ2) is 6.20. The maximum Gasteiger partial charge on any atom is 0.155 e. The predicted octanol–water partition coefficient (Wildman–Crippen LogP) is 1.42. The quantitative estimate of drug-likeness (QED) is 0.850.